The third-order valence-electron chi connectivity index (χ3n) is 6.56. The lowest BCUT2D eigenvalue weighted by Gasteiger charge is -2.20. The Morgan fingerprint density at radius 2 is 1.92 bits per heavy atom. The summed E-state index contributed by atoms with van der Waals surface area (Å²) in [5.74, 6) is 0.380. The van der Waals surface area contributed by atoms with Gasteiger partial charge in [0.15, 0.2) is 5.15 Å². The van der Waals surface area contributed by atoms with E-state index in [0.29, 0.717) is 28.1 Å². The molecule has 0 bridgehead atoms. The first kappa shape index (κ1) is 26.7. The largest absolute Gasteiger partial charge is 0.478 e. The Hall–Kier alpha value is -3.86. The van der Waals surface area contributed by atoms with Crippen LogP contribution in [0.4, 0.5) is 0 Å². The summed E-state index contributed by atoms with van der Waals surface area (Å²) in [6.07, 6.45) is 2.05. The van der Waals surface area contributed by atoms with Crippen molar-refractivity contribution >= 4 is 28.9 Å². The Morgan fingerprint density at radius 1 is 1.15 bits per heavy atom. The molecule has 39 heavy (non-hydrogen) atoms. The van der Waals surface area contributed by atoms with Crippen molar-refractivity contribution in [2.24, 2.45) is 0 Å². The molecule has 5 aromatic rings. The van der Waals surface area contributed by atoms with Gasteiger partial charge in [0.05, 0.1) is 16.1 Å². The molecular formula is C28H27ClN6O3S. The number of ether oxygens (including phenoxy) is 1. The van der Waals surface area contributed by atoms with Crippen LogP contribution in [0.1, 0.15) is 58.2 Å². The SMILES string of the molecule is CCCCc1nc(Cl)c(C(OC)c2sccc2C(=O)O)n1Cc1ccc(-c2ccccc2-c2nn[nH]n2)cc1. The molecule has 0 saturated heterocycles. The van der Waals surface area contributed by atoms with E-state index < -0.39 is 12.1 Å². The van der Waals surface area contributed by atoms with Crippen molar-refractivity contribution in [2.45, 2.75) is 38.8 Å². The van der Waals surface area contributed by atoms with Crippen molar-refractivity contribution in [3.8, 4) is 22.5 Å². The molecule has 0 radical (unpaired) electrons. The first-order chi connectivity index (χ1) is 19.0. The van der Waals surface area contributed by atoms with E-state index in [-0.39, 0.29) is 5.56 Å². The zero-order chi connectivity index (χ0) is 27.4. The minimum Gasteiger partial charge on any atom is -0.478 e. The number of aryl methyl sites for hydroxylation is 1. The average Bonchev–Trinajstić information content (AvgIpc) is 3.71. The number of rotatable bonds is 11. The van der Waals surface area contributed by atoms with Gasteiger partial charge in [0.1, 0.15) is 11.9 Å². The van der Waals surface area contributed by atoms with Crippen LogP contribution < -0.4 is 0 Å². The molecule has 0 amide bonds. The predicted octanol–water partition coefficient (Wildman–Crippen LogP) is 6.27. The predicted molar refractivity (Wildman–Crippen MR) is 150 cm³/mol. The maximum absolute atomic E-state index is 11.9. The number of nitrogens with one attached hydrogen (secondary N) is 1. The zero-order valence-electron chi connectivity index (χ0n) is 21.5. The van der Waals surface area contributed by atoms with E-state index in [1.807, 2.05) is 24.3 Å². The third kappa shape index (κ3) is 5.49. The Bertz CT molecular complexity index is 1560. The number of aromatic amines is 1. The fraction of sp³-hybridized carbons (Fsp3) is 0.250. The van der Waals surface area contributed by atoms with E-state index >= 15 is 0 Å². The highest BCUT2D eigenvalue weighted by atomic mass is 35.5. The van der Waals surface area contributed by atoms with Gasteiger partial charge in [0, 0.05) is 25.6 Å². The number of halogens is 1. The number of carbonyl (C=O) groups is 1. The van der Waals surface area contributed by atoms with Crippen molar-refractivity contribution in [1.29, 1.82) is 0 Å². The number of imidazole rings is 1. The first-order valence-electron chi connectivity index (χ1n) is 12.5. The van der Waals surface area contributed by atoms with Crippen molar-refractivity contribution in [2.75, 3.05) is 7.11 Å². The molecule has 1 unspecified atom stereocenters. The fourth-order valence-corrected chi connectivity index (χ4v) is 5.92. The Balaban J connectivity index is 1.51. The van der Waals surface area contributed by atoms with Gasteiger partial charge in [0.2, 0.25) is 5.82 Å². The summed E-state index contributed by atoms with van der Waals surface area (Å²) >= 11 is 8.05. The van der Waals surface area contributed by atoms with Crippen LogP contribution in [-0.4, -0.2) is 48.4 Å². The average molecular weight is 563 g/mol. The molecule has 0 aliphatic rings. The molecular weight excluding hydrogens is 536 g/mol. The summed E-state index contributed by atoms with van der Waals surface area (Å²) in [7, 11) is 1.56. The van der Waals surface area contributed by atoms with Crippen LogP contribution in [0.25, 0.3) is 22.5 Å². The molecule has 5 rings (SSSR count). The molecule has 200 valence electrons. The number of carboxylic acids is 1. The Labute approximate surface area is 234 Å². The Kier molecular flexibility index (Phi) is 8.16. The van der Waals surface area contributed by atoms with Gasteiger partial charge < -0.3 is 14.4 Å². The van der Waals surface area contributed by atoms with E-state index in [9.17, 15) is 9.90 Å². The molecule has 0 saturated carbocycles. The highest BCUT2D eigenvalue weighted by molar-refractivity contribution is 7.10. The number of hydrogen-bond acceptors (Lipinski definition) is 7. The van der Waals surface area contributed by atoms with Crippen LogP contribution in [0.5, 0.6) is 0 Å². The van der Waals surface area contributed by atoms with Gasteiger partial charge >= 0.3 is 5.97 Å². The lowest BCUT2D eigenvalue weighted by atomic mass is 9.98. The standard InChI is InChI=1S/C28H27ClN6O3S/c1-3-4-9-22-30-26(29)23(24(38-2)25-21(28(36)37)14-15-39-25)35(22)16-17-10-12-18(13-11-17)19-7-5-6-8-20(19)27-31-33-34-32-27/h5-8,10-15,24H,3-4,9,16H2,1-2H3,(H,36,37)(H,31,32,33,34). The topological polar surface area (TPSA) is 119 Å². The number of thiophene rings is 1. The van der Waals surface area contributed by atoms with Gasteiger partial charge in [-0.3, -0.25) is 0 Å². The number of tetrazole rings is 1. The van der Waals surface area contributed by atoms with Crippen LogP contribution in [-0.2, 0) is 17.7 Å². The summed E-state index contributed by atoms with van der Waals surface area (Å²) in [5.41, 5.74) is 4.81. The minimum atomic E-state index is -1.00. The normalized spacial score (nSPS) is 12.1. The van der Waals surface area contributed by atoms with Gasteiger partial charge in [0.25, 0.3) is 0 Å². The molecule has 2 N–H and O–H groups in total. The van der Waals surface area contributed by atoms with E-state index in [0.717, 1.165) is 47.3 Å². The number of unbranched alkanes of at least 4 members (excludes halogenated alkanes) is 1. The van der Waals surface area contributed by atoms with Gasteiger partial charge in [-0.1, -0.05) is 73.5 Å². The number of hydrogen-bond donors (Lipinski definition) is 2. The van der Waals surface area contributed by atoms with Crippen molar-refractivity contribution in [1.82, 2.24) is 30.2 Å². The summed E-state index contributed by atoms with van der Waals surface area (Å²) in [6.45, 7) is 2.64. The lowest BCUT2D eigenvalue weighted by Crippen LogP contribution is -2.15. The van der Waals surface area contributed by atoms with Gasteiger partial charge in [-0.25, -0.2) is 9.78 Å². The summed E-state index contributed by atoms with van der Waals surface area (Å²) in [4.78, 5) is 17.1. The molecule has 11 heteroatoms. The van der Waals surface area contributed by atoms with E-state index in [2.05, 4.69) is 61.4 Å². The molecule has 0 fully saturated rings. The minimum absolute atomic E-state index is 0.204. The smallest absolute Gasteiger partial charge is 0.336 e. The van der Waals surface area contributed by atoms with Crippen molar-refractivity contribution in [3.05, 3.63) is 92.7 Å². The number of benzene rings is 2. The monoisotopic (exact) mass is 562 g/mol. The molecule has 2 aromatic carbocycles. The van der Waals surface area contributed by atoms with Gasteiger partial charge in [-0.2, -0.15) is 5.21 Å². The Morgan fingerprint density at radius 3 is 2.59 bits per heavy atom. The van der Waals surface area contributed by atoms with Crippen LogP contribution in [0.2, 0.25) is 5.15 Å². The summed E-state index contributed by atoms with van der Waals surface area (Å²) < 4.78 is 7.93. The molecule has 0 spiro atoms. The molecule has 9 nitrogen and oxygen atoms in total. The first-order valence-corrected chi connectivity index (χ1v) is 13.8. The van der Waals surface area contributed by atoms with Crippen LogP contribution in [0, 0.1) is 0 Å². The maximum Gasteiger partial charge on any atom is 0.336 e. The second-order valence-corrected chi connectivity index (χ2v) is 10.3. The van der Waals surface area contributed by atoms with E-state index in [1.165, 1.54) is 11.3 Å². The molecule has 0 aliphatic heterocycles. The quantitative estimate of drug-likeness (QED) is 0.195. The maximum atomic E-state index is 11.9. The highest BCUT2D eigenvalue weighted by Crippen LogP contribution is 2.37. The second-order valence-electron chi connectivity index (χ2n) is 8.99. The van der Waals surface area contributed by atoms with E-state index in [4.69, 9.17) is 16.3 Å². The highest BCUT2D eigenvalue weighted by Gasteiger charge is 2.29. The number of aromatic nitrogens is 6. The van der Waals surface area contributed by atoms with Crippen LogP contribution in [0.15, 0.2) is 60.0 Å². The van der Waals surface area contributed by atoms with Gasteiger partial charge in [-0.15, -0.1) is 21.5 Å². The molecule has 3 aromatic heterocycles. The fourth-order valence-electron chi connectivity index (χ4n) is 4.65. The number of methoxy groups -OCH3 is 1. The summed E-state index contributed by atoms with van der Waals surface area (Å²) in [6, 6.07) is 17.8. The van der Waals surface area contributed by atoms with Gasteiger partial charge in [-0.05, 0) is 39.8 Å². The van der Waals surface area contributed by atoms with Crippen molar-refractivity contribution < 1.29 is 14.6 Å². The molecule has 1 atom stereocenters. The lowest BCUT2D eigenvalue weighted by molar-refractivity contribution is 0.0688. The number of H-pyrrole nitrogens is 1. The summed E-state index contributed by atoms with van der Waals surface area (Å²) in [5, 5.41) is 26.3. The van der Waals surface area contributed by atoms with E-state index in [1.54, 1.807) is 18.6 Å². The zero-order valence-corrected chi connectivity index (χ0v) is 23.0. The number of aromatic carboxylic acids is 1. The molecule has 0 aliphatic carbocycles. The van der Waals surface area contributed by atoms with Crippen LogP contribution in [0.3, 0.4) is 0 Å². The van der Waals surface area contributed by atoms with Crippen LogP contribution >= 0.6 is 22.9 Å². The third-order valence-corrected chi connectivity index (χ3v) is 7.80. The van der Waals surface area contributed by atoms with Crippen molar-refractivity contribution in [3.63, 3.8) is 0 Å². The number of carboxylic acid groups (broad SMARTS) is 1. The number of nitrogens with zero attached hydrogens (tertiary/aromatic N) is 5. The molecule has 3 heterocycles. The second kappa shape index (κ2) is 11.9.